The van der Waals surface area contributed by atoms with Crippen molar-refractivity contribution < 1.29 is 4.79 Å². The molecule has 20 heavy (non-hydrogen) atoms. The van der Waals surface area contributed by atoms with Gasteiger partial charge in [-0.25, -0.2) is 4.98 Å². The van der Waals surface area contributed by atoms with Crippen LogP contribution in [-0.4, -0.2) is 29.3 Å². The summed E-state index contributed by atoms with van der Waals surface area (Å²) in [4.78, 5) is 22.5. The molecule has 0 atom stereocenters. The highest BCUT2D eigenvalue weighted by Crippen LogP contribution is 2.25. The molecule has 0 fully saturated rings. The van der Waals surface area contributed by atoms with Crippen LogP contribution in [0.2, 0.25) is 0 Å². The first-order chi connectivity index (χ1) is 9.63. The first-order valence-corrected chi connectivity index (χ1v) is 6.58. The fraction of sp³-hybridized carbons (Fsp3) is 0.267. The zero-order valence-corrected chi connectivity index (χ0v) is 11.6. The predicted octanol–water partition coefficient (Wildman–Crippen LogP) is 2.55. The predicted molar refractivity (Wildman–Crippen MR) is 78.7 cm³/mol. The van der Waals surface area contributed by atoms with E-state index in [4.69, 9.17) is 0 Å². The Kier molecular flexibility index (Phi) is 3.10. The summed E-state index contributed by atoms with van der Waals surface area (Å²) in [5, 5.41) is 3.17. The second-order valence-electron chi connectivity index (χ2n) is 5.02. The monoisotopic (exact) mass is 268 g/mol. The van der Waals surface area contributed by atoms with Gasteiger partial charge in [0.2, 0.25) is 5.95 Å². The van der Waals surface area contributed by atoms with Gasteiger partial charge in [-0.1, -0.05) is 12.1 Å². The Balaban J connectivity index is 1.92. The molecule has 0 saturated heterocycles. The van der Waals surface area contributed by atoms with Crippen LogP contribution in [0, 0.1) is 6.92 Å². The third kappa shape index (κ3) is 2.34. The maximum absolute atomic E-state index is 11.8. The smallest absolute Gasteiger partial charge is 0.229 e. The molecule has 1 aliphatic heterocycles. The van der Waals surface area contributed by atoms with Gasteiger partial charge in [0.25, 0.3) is 0 Å². The van der Waals surface area contributed by atoms with Gasteiger partial charge >= 0.3 is 0 Å². The summed E-state index contributed by atoms with van der Waals surface area (Å²) in [5.41, 5.74) is 2.71. The SMILES string of the molecule is Cc1cccc(Nc2ncc3c(n2)N(C)CCC3=O)c1. The molecule has 5 nitrogen and oxygen atoms in total. The van der Waals surface area contributed by atoms with E-state index in [0.29, 0.717) is 30.3 Å². The third-order valence-electron chi connectivity index (χ3n) is 3.38. The van der Waals surface area contributed by atoms with Gasteiger partial charge < -0.3 is 10.2 Å². The molecule has 0 spiro atoms. The number of nitrogens with one attached hydrogen (secondary N) is 1. The van der Waals surface area contributed by atoms with Crippen LogP contribution >= 0.6 is 0 Å². The van der Waals surface area contributed by atoms with Crippen molar-refractivity contribution in [2.45, 2.75) is 13.3 Å². The lowest BCUT2D eigenvalue weighted by Crippen LogP contribution is -2.29. The average Bonchev–Trinajstić information content (AvgIpc) is 2.43. The summed E-state index contributed by atoms with van der Waals surface area (Å²) in [6.07, 6.45) is 2.13. The van der Waals surface area contributed by atoms with Gasteiger partial charge in [-0.2, -0.15) is 4.98 Å². The van der Waals surface area contributed by atoms with Crippen LogP contribution in [0.15, 0.2) is 30.5 Å². The molecule has 2 heterocycles. The van der Waals surface area contributed by atoms with E-state index in [1.165, 1.54) is 5.56 Å². The minimum Gasteiger partial charge on any atom is -0.358 e. The van der Waals surface area contributed by atoms with Crippen LogP contribution < -0.4 is 10.2 Å². The van der Waals surface area contributed by atoms with Gasteiger partial charge in [-0.3, -0.25) is 4.79 Å². The molecule has 102 valence electrons. The molecule has 0 radical (unpaired) electrons. The van der Waals surface area contributed by atoms with E-state index in [0.717, 1.165) is 5.69 Å². The summed E-state index contributed by atoms with van der Waals surface area (Å²) in [5.74, 6) is 1.32. The number of anilines is 3. The quantitative estimate of drug-likeness (QED) is 0.907. The highest BCUT2D eigenvalue weighted by molar-refractivity contribution is 6.02. The Morgan fingerprint density at radius 3 is 3.00 bits per heavy atom. The lowest BCUT2D eigenvalue weighted by molar-refractivity contribution is 0.0979. The number of rotatable bonds is 2. The molecular weight excluding hydrogens is 252 g/mol. The Morgan fingerprint density at radius 1 is 1.35 bits per heavy atom. The normalized spacial score (nSPS) is 14.1. The van der Waals surface area contributed by atoms with E-state index in [-0.39, 0.29) is 5.78 Å². The van der Waals surface area contributed by atoms with Gasteiger partial charge in [0, 0.05) is 31.9 Å². The number of nitrogens with zero attached hydrogens (tertiary/aromatic N) is 3. The maximum atomic E-state index is 11.8. The van der Waals surface area contributed by atoms with E-state index in [1.807, 2.05) is 43.1 Å². The van der Waals surface area contributed by atoms with Crippen molar-refractivity contribution in [2.75, 3.05) is 23.8 Å². The second kappa shape index (κ2) is 4.92. The molecule has 2 aromatic rings. The number of aryl methyl sites for hydroxylation is 1. The molecule has 3 rings (SSSR count). The first-order valence-electron chi connectivity index (χ1n) is 6.58. The van der Waals surface area contributed by atoms with Crippen molar-refractivity contribution >= 4 is 23.2 Å². The molecular formula is C15H16N4O. The minimum absolute atomic E-state index is 0.111. The molecule has 1 aromatic heterocycles. The van der Waals surface area contributed by atoms with Crippen LogP contribution in [0.1, 0.15) is 22.3 Å². The van der Waals surface area contributed by atoms with Gasteiger partial charge in [-0.05, 0) is 24.6 Å². The molecule has 0 bridgehead atoms. The van der Waals surface area contributed by atoms with Crippen LogP contribution in [0.3, 0.4) is 0 Å². The summed E-state index contributed by atoms with van der Waals surface area (Å²) in [6.45, 7) is 2.73. The van der Waals surface area contributed by atoms with Crippen molar-refractivity contribution in [3.8, 4) is 0 Å². The standard InChI is InChI=1S/C15H16N4O/c1-10-4-3-5-11(8-10)17-15-16-9-12-13(20)6-7-19(2)14(12)18-15/h3-5,8-9H,6-7H2,1-2H3,(H,16,17,18). The van der Waals surface area contributed by atoms with Crippen LogP contribution in [-0.2, 0) is 0 Å². The molecule has 0 saturated carbocycles. The highest BCUT2D eigenvalue weighted by atomic mass is 16.1. The molecule has 0 unspecified atom stereocenters. The number of carbonyl (C=O) groups excluding carboxylic acids is 1. The molecule has 0 aliphatic carbocycles. The topological polar surface area (TPSA) is 58.1 Å². The molecule has 1 N–H and O–H groups in total. The van der Waals surface area contributed by atoms with Crippen molar-refractivity contribution in [3.05, 3.63) is 41.6 Å². The number of Topliss-reactive ketones (excluding diaryl/α,β-unsaturated/α-hetero) is 1. The fourth-order valence-corrected chi connectivity index (χ4v) is 2.28. The lowest BCUT2D eigenvalue weighted by atomic mass is 10.1. The number of benzene rings is 1. The van der Waals surface area contributed by atoms with Crippen LogP contribution in [0.5, 0.6) is 0 Å². The van der Waals surface area contributed by atoms with Gasteiger partial charge in [0.1, 0.15) is 5.82 Å². The zero-order valence-electron chi connectivity index (χ0n) is 11.6. The number of carbonyl (C=O) groups is 1. The van der Waals surface area contributed by atoms with E-state index < -0.39 is 0 Å². The van der Waals surface area contributed by atoms with E-state index >= 15 is 0 Å². The Labute approximate surface area is 117 Å². The van der Waals surface area contributed by atoms with Crippen molar-refractivity contribution in [1.29, 1.82) is 0 Å². The first kappa shape index (κ1) is 12.6. The minimum atomic E-state index is 0.111. The number of hydrogen-bond acceptors (Lipinski definition) is 5. The number of hydrogen-bond donors (Lipinski definition) is 1. The highest BCUT2D eigenvalue weighted by Gasteiger charge is 2.23. The summed E-state index contributed by atoms with van der Waals surface area (Å²) < 4.78 is 0. The van der Waals surface area contributed by atoms with Crippen LogP contribution in [0.25, 0.3) is 0 Å². The second-order valence-corrected chi connectivity index (χ2v) is 5.02. The maximum Gasteiger partial charge on any atom is 0.229 e. The number of aromatic nitrogens is 2. The Hall–Kier alpha value is -2.43. The Morgan fingerprint density at radius 2 is 2.20 bits per heavy atom. The number of ketones is 1. The van der Waals surface area contributed by atoms with Crippen molar-refractivity contribution in [1.82, 2.24) is 9.97 Å². The zero-order chi connectivity index (χ0) is 14.1. The van der Waals surface area contributed by atoms with E-state index in [1.54, 1.807) is 6.20 Å². The van der Waals surface area contributed by atoms with Gasteiger partial charge in [0.15, 0.2) is 5.78 Å². The summed E-state index contributed by atoms with van der Waals surface area (Å²) in [7, 11) is 1.94. The molecule has 5 heteroatoms. The summed E-state index contributed by atoms with van der Waals surface area (Å²) >= 11 is 0. The largest absolute Gasteiger partial charge is 0.358 e. The Bertz CT molecular complexity index is 669. The lowest BCUT2D eigenvalue weighted by Gasteiger charge is -2.25. The molecule has 1 aromatic carbocycles. The summed E-state index contributed by atoms with van der Waals surface area (Å²) in [6, 6.07) is 8.00. The van der Waals surface area contributed by atoms with Gasteiger partial charge in [-0.15, -0.1) is 0 Å². The number of fused-ring (bicyclic) bond motifs is 1. The van der Waals surface area contributed by atoms with E-state index in [2.05, 4.69) is 15.3 Å². The average molecular weight is 268 g/mol. The molecule has 0 amide bonds. The van der Waals surface area contributed by atoms with Crippen molar-refractivity contribution in [2.24, 2.45) is 0 Å². The van der Waals surface area contributed by atoms with E-state index in [9.17, 15) is 4.79 Å². The molecule has 1 aliphatic rings. The van der Waals surface area contributed by atoms with Crippen LogP contribution in [0.4, 0.5) is 17.5 Å². The third-order valence-corrected chi connectivity index (χ3v) is 3.38. The fourth-order valence-electron chi connectivity index (χ4n) is 2.28. The van der Waals surface area contributed by atoms with Gasteiger partial charge in [0.05, 0.1) is 5.56 Å². The van der Waals surface area contributed by atoms with Crippen molar-refractivity contribution in [3.63, 3.8) is 0 Å².